The van der Waals surface area contributed by atoms with E-state index in [9.17, 15) is 13.2 Å². The summed E-state index contributed by atoms with van der Waals surface area (Å²) < 4.78 is 38.5. The van der Waals surface area contributed by atoms with Gasteiger partial charge in [-0.15, -0.1) is 0 Å². The van der Waals surface area contributed by atoms with Crippen LogP contribution in [0.1, 0.15) is 26.0 Å². The monoisotopic (exact) mass is 292 g/mol. The molecule has 0 atom stereocenters. The van der Waals surface area contributed by atoms with Crippen LogP contribution in [-0.4, -0.2) is 41.3 Å². The predicted octanol–water partition coefficient (Wildman–Crippen LogP) is 2.13. The molecule has 20 heavy (non-hydrogen) atoms. The molecule has 1 aromatic heterocycles. The molecule has 0 radical (unpaired) electrons. The van der Waals surface area contributed by atoms with E-state index in [1.54, 1.807) is 4.90 Å². The van der Waals surface area contributed by atoms with Crippen LogP contribution in [0.2, 0.25) is 0 Å². The quantitative estimate of drug-likeness (QED) is 0.841. The van der Waals surface area contributed by atoms with Crippen LogP contribution in [-0.2, 0) is 6.18 Å². The minimum atomic E-state index is -4.52. The highest BCUT2D eigenvalue weighted by Gasteiger charge is 2.34. The maximum absolute atomic E-state index is 12.8. The van der Waals surface area contributed by atoms with E-state index in [2.05, 4.69) is 15.3 Å². The fourth-order valence-corrected chi connectivity index (χ4v) is 1.72. The maximum Gasteiger partial charge on any atom is 0.433 e. The number of hydrogen-bond acceptors (Lipinski definition) is 5. The summed E-state index contributed by atoms with van der Waals surface area (Å²) in [4.78, 5) is 9.19. The zero-order chi connectivity index (χ0) is 15.3. The second-order valence-electron chi connectivity index (χ2n) is 4.55. The highest BCUT2D eigenvalue weighted by atomic mass is 19.4. The standard InChI is InChI=1S/C12H19F3N4O/c1-8(2)19(5-4-6-20)10-7-9(12(13,14)15)17-11(16-3)18-10/h7-8,20H,4-6H2,1-3H3,(H,16,17,18). The number of hydrogen-bond donors (Lipinski definition) is 2. The molecule has 0 aromatic carbocycles. The summed E-state index contributed by atoms with van der Waals surface area (Å²) in [6.45, 7) is 4.10. The van der Waals surface area contributed by atoms with E-state index in [-0.39, 0.29) is 24.4 Å². The van der Waals surface area contributed by atoms with Crippen molar-refractivity contribution < 1.29 is 18.3 Å². The van der Waals surface area contributed by atoms with Gasteiger partial charge in [-0.3, -0.25) is 0 Å². The molecule has 0 bridgehead atoms. The average Bonchev–Trinajstić information content (AvgIpc) is 2.37. The third-order valence-electron chi connectivity index (χ3n) is 2.70. The van der Waals surface area contributed by atoms with E-state index < -0.39 is 11.9 Å². The van der Waals surface area contributed by atoms with Gasteiger partial charge in [0.05, 0.1) is 0 Å². The first kappa shape index (κ1) is 16.5. The van der Waals surface area contributed by atoms with E-state index in [0.29, 0.717) is 13.0 Å². The smallest absolute Gasteiger partial charge is 0.396 e. The summed E-state index contributed by atoms with van der Waals surface area (Å²) in [5, 5.41) is 11.4. The molecule has 5 nitrogen and oxygen atoms in total. The molecule has 0 saturated carbocycles. The number of aromatic nitrogens is 2. The molecule has 1 heterocycles. The lowest BCUT2D eigenvalue weighted by atomic mass is 10.2. The number of anilines is 2. The first-order chi connectivity index (χ1) is 9.29. The molecule has 0 aliphatic heterocycles. The minimum absolute atomic E-state index is 0.0285. The molecule has 0 amide bonds. The summed E-state index contributed by atoms with van der Waals surface area (Å²) in [6.07, 6.45) is -4.07. The van der Waals surface area contributed by atoms with E-state index in [1.165, 1.54) is 7.05 Å². The van der Waals surface area contributed by atoms with Crippen molar-refractivity contribution in [2.45, 2.75) is 32.5 Å². The molecule has 0 aliphatic carbocycles. The van der Waals surface area contributed by atoms with E-state index >= 15 is 0 Å². The SMILES string of the molecule is CNc1nc(N(CCCO)C(C)C)cc(C(F)(F)F)n1. The first-order valence-corrected chi connectivity index (χ1v) is 6.31. The van der Waals surface area contributed by atoms with Gasteiger partial charge in [0, 0.05) is 32.3 Å². The van der Waals surface area contributed by atoms with E-state index in [0.717, 1.165) is 6.07 Å². The van der Waals surface area contributed by atoms with Gasteiger partial charge in [0.15, 0.2) is 5.69 Å². The van der Waals surface area contributed by atoms with Gasteiger partial charge in [-0.05, 0) is 20.3 Å². The number of aliphatic hydroxyl groups is 1. The van der Waals surface area contributed by atoms with Gasteiger partial charge in [-0.25, -0.2) is 4.98 Å². The van der Waals surface area contributed by atoms with E-state index in [4.69, 9.17) is 5.11 Å². The minimum Gasteiger partial charge on any atom is -0.396 e. The van der Waals surface area contributed by atoms with Crippen LogP contribution in [0.25, 0.3) is 0 Å². The van der Waals surface area contributed by atoms with Crippen molar-refractivity contribution in [3.8, 4) is 0 Å². The van der Waals surface area contributed by atoms with Crippen molar-refractivity contribution >= 4 is 11.8 Å². The van der Waals surface area contributed by atoms with Gasteiger partial charge in [-0.2, -0.15) is 18.2 Å². The highest BCUT2D eigenvalue weighted by Crippen LogP contribution is 2.31. The van der Waals surface area contributed by atoms with Gasteiger partial charge in [-0.1, -0.05) is 0 Å². The molecule has 0 fully saturated rings. The van der Waals surface area contributed by atoms with Crippen molar-refractivity contribution in [2.24, 2.45) is 0 Å². The molecule has 0 unspecified atom stereocenters. The van der Waals surface area contributed by atoms with Crippen molar-refractivity contribution in [1.82, 2.24) is 9.97 Å². The summed E-state index contributed by atoms with van der Waals surface area (Å²) in [7, 11) is 1.46. The van der Waals surface area contributed by atoms with Crippen LogP contribution in [0, 0.1) is 0 Å². The summed E-state index contributed by atoms with van der Waals surface area (Å²) in [6, 6.07) is 0.889. The third kappa shape index (κ3) is 4.22. The molecular weight excluding hydrogens is 273 g/mol. The Morgan fingerprint density at radius 3 is 2.45 bits per heavy atom. The number of aliphatic hydroxyl groups excluding tert-OH is 1. The lowest BCUT2D eigenvalue weighted by Crippen LogP contribution is -2.33. The average molecular weight is 292 g/mol. The van der Waals surface area contributed by atoms with Crippen molar-refractivity contribution in [1.29, 1.82) is 0 Å². The number of rotatable bonds is 6. The van der Waals surface area contributed by atoms with Crippen molar-refractivity contribution in [2.75, 3.05) is 30.4 Å². The number of nitrogens with zero attached hydrogens (tertiary/aromatic N) is 3. The number of nitrogens with one attached hydrogen (secondary N) is 1. The Kier molecular flexibility index (Phi) is 5.55. The predicted molar refractivity (Wildman–Crippen MR) is 70.8 cm³/mol. The lowest BCUT2D eigenvalue weighted by molar-refractivity contribution is -0.141. The molecule has 1 aromatic rings. The zero-order valence-electron chi connectivity index (χ0n) is 11.7. The fourth-order valence-electron chi connectivity index (χ4n) is 1.72. The topological polar surface area (TPSA) is 61.3 Å². The Labute approximate surface area is 115 Å². The number of halogens is 3. The number of alkyl halides is 3. The van der Waals surface area contributed by atoms with Crippen molar-refractivity contribution in [3.05, 3.63) is 11.8 Å². The van der Waals surface area contributed by atoms with Gasteiger partial charge in [0.25, 0.3) is 0 Å². The maximum atomic E-state index is 12.8. The van der Waals surface area contributed by atoms with Crippen molar-refractivity contribution in [3.63, 3.8) is 0 Å². The molecule has 0 saturated heterocycles. The largest absolute Gasteiger partial charge is 0.433 e. The van der Waals surface area contributed by atoms with Gasteiger partial charge in [0.2, 0.25) is 5.95 Å². The molecule has 2 N–H and O–H groups in total. The fraction of sp³-hybridized carbons (Fsp3) is 0.667. The van der Waals surface area contributed by atoms with Crippen LogP contribution >= 0.6 is 0 Å². The van der Waals surface area contributed by atoms with Crippen LogP contribution in [0.15, 0.2) is 6.07 Å². The van der Waals surface area contributed by atoms with Crippen LogP contribution in [0.5, 0.6) is 0 Å². The highest BCUT2D eigenvalue weighted by molar-refractivity contribution is 5.46. The Balaban J connectivity index is 3.19. The first-order valence-electron chi connectivity index (χ1n) is 6.31. The Morgan fingerprint density at radius 1 is 1.35 bits per heavy atom. The third-order valence-corrected chi connectivity index (χ3v) is 2.70. The second kappa shape index (κ2) is 6.74. The Hall–Kier alpha value is -1.57. The molecular formula is C12H19F3N4O. The molecule has 1 rings (SSSR count). The molecule has 0 aliphatic rings. The van der Waals surface area contributed by atoms with E-state index in [1.807, 2.05) is 13.8 Å². The normalized spacial score (nSPS) is 11.8. The molecule has 114 valence electrons. The van der Waals surface area contributed by atoms with Gasteiger partial charge in [0.1, 0.15) is 5.82 Å². The van der Waals surface area contributed by atoms with Crippen LogP contribution in [0.3, 0.4) is 0 Å². The molecule has 0 spiro atoms. The van der Waals surface area contributed by atoms with Gasteiger partial charge >= 0.3 is 6.18 Å². The van der Waals surface area contributed by atoms with Crippen LogP contribution in [0.4, 0.5) is 24.9 Å². The zero-order valence-corrected chi connectivity index (χ0v) is 11.7. The van der Waals surface area contributed by atoms with Gasteiger partial charge < -0.3 is 15.3 Å². The second-order valence-corrected chi connectivity index (χ2v) is 4.55. The Bertz CT molecular complexity index is 437. The Morgan fingerprint density at radius 2 is 2.00 bits per heavy atom. The summed E-state index contributed by atoms with van der Waals surface area (Å²) >= 11 is 0. The lowest BCUT2D eigenvalue weighted by Gasteiger charge is -2.28. The summed E-state index contributed by atoms with van der Waals surface area (Å²) in [5.74, 6) is 0.115. The molecule has 8 heteroatoms. The van der Waals surface area contributed by atoms with Crippen LogP contribution < -0.4 is 10.2 Å². The summed E-state index contributed by atoms with van der Waals surface area (Å²) in [5.41, 5.74) is -0.985.